The van der Waals surface area contributed by atoms with Crippen LogP contribution < -0.4 is 15.1 Å². The summed E-state index contributed by atoms with van der Waals surface area (Å²) in [6, 6.07) is 6.93. The number of anilines is 3. The quantitative estimate of drug-likeness (QED) is 0.770. The predicted octanol–water partition coefficient (Wildman–Crippen LogP) is 3.64. The summed E-state index contributed by atoms with van der Waals surface area (Å²) in [6.07, 6.45) is 10.2. The Bertz CT molecular complexity index is 816. The van der Waals surface area contributed by atoms with Crippen molar-refractivity contribution in [2.24, 2.45) is 0 Å². The van der Waals surface area contributed by atoms with Crippen LogP contribution in [0, 0.1) is 5.82 Å². The fourth-order valence-electron chi connectivity index (χ4n) is 3.85. The molecule has 2 aliphatic rings. The predicted molar refractivity (Wildman–Crippen MR) is 110 cm³/mol. The van der Waals surface area contributed by atoms with E-state index >= 15 is 0 Å². The highest BCUT2D eigenvalue weighted by atomic mass is 19.1. The van der Waals surface area contributed by atoms with Crippen molar-refractivity contribution in [3.05, 3.63) is 47.9 Å². The molecule has 28 heavy (non-hydrogen) atoms. The summed E-state index contributed by atoms with van der Waals surface area (Å²) in [6.45, 7) is 3.82. The standard InChI is InChI=1S/C21H27FN6/c22-18-8-4-5-9-19(18)27-12-14-28(15-13-27)21-25-20(16-24-26-21)23-11-10-17-6-2-1-3-7-17/h4-6,8-9,16H,1-3,7,10-15H2,(H,23,25,26). The lowest BCUT2D eigenvalue weighted by atomic mass is 9.97. The number of aromatic nitrogens is 3. The molecule has 6 nitrogen and oxygen atoms in total. The molecule has 0 bridgehead atoms. The van der Waals surface area contributed by atoms with Gasteiger partial charge in [-0.2, -0.15) is 10.1 Å². The summed E-state index contributed by atoms with van der Waals surface area (Å²) in [7, 11) is 0. The molecule has 1 aliphatic heterocycles. The molecule has 0 radical (unpaired) electrons. The Kier molecular flexibility index (Phi) is 5.99. The van der Waals surface area contributed by atoms with Crippen LogP contribution in [0.1, 0.15) is 32.1 Å². The number of nitrogens with one attached hydrogen (secondary N) is 1. The van der Waals surface area contributed by atoms with E-state index in [2.05, 4.69) is 36.4 Å². The number of benzene rings is 1. The van der Waals surface area contributed by atoms with E-state index in [1.54, 1.807) is 17.8 Å². The second kappa shape index (κ2) is 8.99. The maximum Gasteiger partial charge on any atom is 0.247 e. The summed E-state index contributed by atoms with van der Waals surface area (Å²) in [5.74, 6) is 1.22. The van der Waals surface area contributed by atoms with Gasteiger partial charge in [0.1, 0.15) is 5.82 Å². The first-order valence-corrected chi connectivity index (χ1v) is 10.2. The Hall–Kier alpha value is -2.70. The van der Waals surface area contributed by atoms with Crippen molar-refractivity contribution in [2.45, 2.75) is 32.1 Å². The van der Waals surface area contributed by atoms with Crippen LogP contribution in [-0.4, -0.2) is 47.9 Å². The van der Waals surface area contributed by atoms with Gasteiger partial charge in [-0.1, -0.05) is 23.8 Å². The molecule has 1 saturated heterocycles. The molecule has 1 fully saturated rings. The maximum atomic E-state index is 14.0. The SMILES string of the molecule is Fc1ccccc1N1CCN(c2nncc(NCCC3=CCCCC3)n2)CC1. The first-order valence-electron chi connectivity index (χ1n) is 10.2. The van der Waals surface area contributed by atoms with Gasteiger partial charge in [-0.05, 0) is 44.2 Å². The van der Waals surface area contributed by atoms with Crippen LogP contribution in [0.25, 0.3) is 0 Å². The van der Waals surface area contributed by atoms with Gasteiger partial charge in [0.25, 0.3) is 0 Å². The van der Waals surface area contributed by atoms with E-state index in [9.17, 15) is 4.39 Å². The summed E-state index contributed by atoms with van der Waals surface area (Å²) in [5, 5.41) is 11.7. The summed E-state index contributed by atoms with van der Waals surface area (Å²) < 4.78 is 14.0. The Morgan fingerprint density at radius 1 is 1.04 bits per heavy atom. The highest BCUT2D eigenvalue weighted by Gasteiger charge is 2.21. The lowest BCUT2D eigenvalue weighted by Crippen LogP contribution is -2.47. The molecular formula is C21H27FN6. The smallest absolute Gasteiger partial charge is 0.247 e. The van der Waals surface area contributed by atoms with E-state index in [1.165, 1.54) is 31.7 Å². The van der Waals surface area contributed by atoms with E-state index in [1.807, 2.05) is 12.1 Å². The van der Waals surface area contributed by atoms with Gasteiger partial charge < -0.3 is 15.1 Å². The molecule has 1 aromatic heterocycles. The molecule has 1 aromatic carbocycles. The van der Waals surface area contributed by atoms with Gasteiger partial charge in [-0.25, -0.2) is 4.39 Å². The number of halogens is 1. The van der Waals surface area contributed by atoms with Crippen molar-refractivity contribution in [1.82, 2.24) is 15.2 Å². The van der Waals surface area contributed by atoms with Crippen molar-refractivity contribution in [2.75, 3.05) is 47.8 Å². The molecule has 0 unspecified atom stereocenters. The number of rotatable bonds is 6. The fraction of sp³-hybridized carbons (Fsp3) is 0.476. The monoisotopic (exact) mass is 382 g/mol. The Labute approximate surface area is 165 Å². The van der Waals surface area contributed by atoms with Gasteiger partial charge in [0, 0.05) is 32.7 Å². The zero-order valence-corrected chi connectivity index (χ0v) is 16.1. The average molecular weight is 382 g/mol. The van der Waals surface area contributed by atoms with Gasteiger partial charge in [0.15, 0.2) is 5.82 Å². The molecule has 0 amide bonds. The highest BCUT2D eigenvalue weighted by Crippen LogP contribution is 2.22. The number of nitrogens with zero attached hydrogens (tertiary/aromatic N) is 5. The molecule has 0 atom stereocenters. The number of hydrogen-bond acceptors (Lipinski definition) is 6. The van der Waals surface area contributed by atoms with Gasteiger partial charge >= 0.3 is 0 Å². The van der Waals surface area contributed by atoms with Gasteiger partial charge in [-0.3, -0.25) is 0 Å². The third kappa shape index (κ3) is 4.58. The third-order valence-corrected chi connectivity index (χ3v) is 5.44. The molecule has 0 saturated carbocycles. The minimum atomic E-state index is -0.173. The molecule has 4 rings (SSSR count). The lowest BCUT2D eigenvalue weighted by Gasteiger charge is -2.36. The summed E-state index contributed by atoms with van der Waals surface area (Å²) in [4.78, 5) is 8.80. The lowest BCUT2D eigenvalue weighted by molar-refractivity contribution is 0.592. The minimum absolute atomic E-state index is 0.173. The third-order valence-electron chi connectivity index (χ3n) is 5.44. The van der Waals surface area contributed by atoms with E-state index in [4.69, 9.17) is 0 Å². The topological polar surface area (TPSA) is 57.2 Å². The highest BCUT2D eigenvalue weighted by molar-refractivity contribution is 5.50. The van der Waals surface area contributed by atoms with E-state index in [0.29, 0.717) is 11.6 Å². The molecule has 2 heterocycles. The number of para-hydroxylation sites is 1. The normalized spacial score (nSPS) is 17.4. The molecule has 0 spiro atoms. The Balaban J connectivity index is 1.31. The fourth-order valence-corrected chi connectivity index (χ4v) is 3.85. The molecular weight excluding hydrogens is 355 g/mol. The molecule has 148 valence electrons. The van der Waals surface area contributed by atoms with Crippen molar-refractivity contribution in [3.8, 4) is 0 Å². The first-order chi connectivity index (χ1) is 13.8. The van der Waals surface area contributed by atoms with Gasteiger partial charge in [0.05, 0.1) is 11.9 Å². The van der Waals surface area contributed by atoms with Crippen molar-refractivity contribution < 1.29 is 4.39 Å². The number of hydrogen-bond donors (Lipinski definition) is 1. The minimum Gasteiger partial charge on any atom is -0.368 e. The van der Waals surface area contributed by atoms with E-state index in [0.717, 1.165) is 45.0 Å². The molecule has 1 N–H and O–H groups in total. The average Bonchev–Trinajstić information content (AvgIpc) is 2.75. The second-order valence-corrected chi connectivity index (χ2v) is 7.35. The zero-order valence-electron chi connectivity index (χ0n) is 16.1. The van der Waals surface area contributed by atoms with Crippen LogP contribution in [0.4, 0.5) is 21.8 Å². The molecule has 7 heteroatoms. The van der Waals surface area contributed by atoms with Gasteiger partial charge in [0.2, 0.25) is 5.95 Å². The van der Waals surface area contributed by atoms with E-state index < -0.39 is 0 Å². The maximum absolute atomic E-state index is 14.0. The molecule has 1 aliphatic carbocycles. The number of allylic oxidation sites excluding steroid dienone is 1. The Morgan fingerprint density at radius 2 is 1.86 bits per heavy atom. The van der Waals surface area contributed by atoms with Crippen LogP contribution >= 0.6 is 0 Å². The van der Waals surface area contributed by atoms with Crippen LogP contribution in [0.15, 0.2) is 42.1 Å². The summed E-state index contributed by atoms with van der Waals surface area (Å²) >= 11 is 0. The van der Waals surface area contributed by atoms with Crippen LogP contribution in [0.3, 0.4) is 0 Å². The Morgan fingerprint density at radius 3 is 2.64 bits per heavy atom. The van der Waals surface area contributed by atoms with Crippen molar-refractivity contribution in [3.63, 3.8) is 0 Å². The zero-order chi connectivity index (χ0) is 19.2. The first kappa shape index (κ1) is 18.7. The second-order valence-electron chi connectivity index (χ2n) is 7.35. The van der Waals surface area contributed by atoms with Gasteiger partial charge in [-0.15, -0.1) is 5.10 Å². The van der Waals surface area contributed by atoms with Crippen LogP contribution in [0.5, 0.6) is 0 Å². The van der Waals surface area contributed by atoms with Crippen molar-refractivity contribution in [1.29, 1.82) is 0 Å². The van der Waals surface area contributed by atoms with Crippen LogP contribution in [-0.2, 0) is 0 Å². The number of piperazine rings is 1. The molecule has 2 aromatic rings. The van der Waals surface area contributed by atoms with E-state index in [-0.39, 0.29) is 5.82 Å². The largest absolute Gasteiger partial charge is 0.368 e. The summed E-state index contributed by atoms with van der Waals surface area (Å²) in [5.41, 5.74) is 2.21. The van der Waals surface area contributed by atoms with Crippen molar-refractivity contribution >= 4 is 17.5 Å². The van der Waals surface area contributed by atoms with Crippen LogP contribution in [0.2, 0.25) is 0 Å².